The van der Waals surface area contributed by atoms with Crippen molar-refractivity contribution in [1.29, 1.82) is 0 Å². The first-order chi connectivity index (χ1) is 9.81. The summed E-state index contributed by atoms with van der Waals surface area (Å²) in [7, 11) is -3.90. The zero-order valence-electron chi connectivity index (χ0n) is 11.7. The molecule has 0 aliphatic heterocycles. The standard InChI is InChI=1S/C13H16ClN3O3S/c1-3-17-11(6-9(2)16-17)8-20-12-5-4-10(14)7-13(12)21(15,18)19/h4-7H,3,8H2,1-2H3,(H2,15,18,19). The Kier molecular flexibility index (Phi) is 4.55. The molecule has 0 radical (unpaired) electrons. The van der Waals surface area contributed by atoms with E-state index in [2.05, 4.69) is 5.10 Å². The summed E-state index contributed by atoms with van der Waals surface area (Å²) in [5.74, 6) is 0.170. The lowest BCUT2D eigenvalue weighted by atomic mass is 10.3. The number of primary sulfonamides is 1. The van der Waals surface area contributed by atoms with Gasteiger partial charge in [-0.15, -0.1) is 0 Å². The Morgan fingerprint density at radius 3 is 2.71 bits per heavy atom. The molecule has 0 atom stereocenters. The van der Waals surface area contributed by atoms with Gasteiger partial charge in [-0.1, -0.05) is 11.6 Å². The van der Waals surface area contributed by atoms with E-state index in [4.69, 9.17) is 21.5 Å². The monoisotopic (exact) mass is 329 g/mol. The van der Waals surface area contributed by atoms with Crippen molar-refractivity contribution in [2.75, 3.05) is 0 Å². The lowest BCUT2D eigenvalue weighted by Gasteiger charge is -2.11. The molecule has 0 unspecified atom stereocenters. The van der Waals surface area contributed by atoms with Gasteiger partial charge in [0.25, 0.3) is 0 Å². The van der Waals surface area contributed by atoms with Crippen LogP contribution in [0.25, 0.3) is 0 Å². The van der Waals surface area contributed by atoms with Crippen LogP contribution in [0, 0.1) is 6.92 Å². The molecule has 2 N–H and O–H groups in total. The molecule has 2 rings (SSSR count). The van der Waals surface area contributed by atoms with Crippen LogP contribution in [-0.2, 0) is 23.2 Å². The summed E-state index contributed by atoms with van der Waals surface area (Å²) in [5.41, 5.74) is 1.73. The van der Waals surface area contributed by atoms with Crippen LogP contribution in [0.5, 0.6) is 5.75 Å². The van der Waals surface area contributed by atoms with Gasteiger partial charge >= 0.3 is 0 Å². The zero-order valence-corrected chi connectivity index (χ0v) is 13.3. The molecule has 0 aliphatic rings. The van der Waals surface area contributed by atoms with E-state index in [0.29, 0.717) is 6.54 Å². The highest BCUT2D eigenvalue weighted by Gasteiger charge is 2.16. The number of halogens is 1. The van der Waals surface area contributed by atoms with Gasteiger partial charge < -0.3 is 4.74 Å². The van der Waals surface area contributed by atoms with Gasteiger partial charge in [-0.2, -0.15) is 5.10 Å². The average Bonchev–Trinajstić information content (AvgIpc) is 2.76. The summed E-state index contributed by atoms with van der Waals surface area (Å²) >= 11 is 5.80. The van der Waals surface area contributed by atoms with E-state index in [1.165, 1.54) is 12.1 Å². The predicted molar refractivity (Wildman–Crippen MR) is 79.8 cm³/mol. The molecular formula is C13H16ClN3O3S. The van der Waals surface area contributed by atoms with Gasteiger partial charge in [0, 0.05) is 11.6 Å². The van der Waals surface area contributed by atoms with Crippen molar-refractivity contribution in [2.45, 2.75) is 31.9 Å². The first-order valence-corrected chi connectivity index (χ1v) is 8.22. The van der Waals surface area contributed by atoms with Crippen LogP contribution in [0.3, 0.4) is 0 Å². The minimum absolute atomic E-state index is 0.130. The molecule has 8 heteroatoms. The Morgan fingerprint density at radius 1 is 1.38 bits per heavy atom. The van der Waals surface area contributed by atoms with Crippen LogP contribution in [0.4, 0.5) is 0 Å². The van der Waals surface area contributed by atoms with Gasteiger partial charge in [-0.25, -0.2) is 13.6 Å². The number of rotatable bonds is 5. The molecule has 0 aliphatic carbocycles. The molecule has 1 aromatic heterocycles. The second-order valence-corrected chi connectivity index (χ2v) is 6.48. The Labute approximate surface area is 128 Å². The maximum absolute atomic E-state index is 11.6. The topological polar surface area (TPSA) is 87.2 Å². The van der Waals surface area contributed by atoms with E-state index in [-0.39, 0.29) is 22.3 Å². The summed E-state index contributed by atoms with van der Waals surface area (Å²) in [6.45, 7) is 4.75. The Hall–Kier alpha value is -1.57. The number of hydrogen-bond acceptors (Lipinski definition) is 4. The van der Waals surface area contributed by atoms with Gasteiger partial charge in [-0.3, -0.25) is 4.68 Å². The van der Waals surface area contributed by atoms with Gasteiger partial charge in [0.05, 0.1) is 11.4 Å². The molecule has 6 nitrogen and oxygen atoms in total. The van der Waals surface area contributed by atoms with Crippen molar-refractivity contribution in [2.24, 2.45) is 5.14 Å². The fraction of sp³-hybridized carbons (Fsp3) is 0.308. The van der Waals surface area contributed by atoms with E-state index in [1.54, 1.807) is 10.7 Å². The Balaban J connectivity index is 2.28. The molecule has 0 fully saturated rings. The van der Waals surface area contributed by atoms with Crippen molar-refractivity contribution in [3.05, 3.63) is 40.7 Å². The Morgan fingerprint density at radius 2 is 2.10 bits per heavy atom. The largest absolute Gasteiger partial charge is 0.486 e. The van der Waals surface area contributed by atoms with E-state index < -0.39 is 10.0 Å². The highest BCUT2D eigenvalue weighted by Crippen LogP contribution is 2.27. The number of nitrogens with two attached hydrogens (primary N) is 1. The fourth-order valence-electron chi connectivity index (χ4n) is 1.96. The summed E-state index contributed by atoms with van der Waals surface area (Å²) in [6.07, 6.45) is 0. The lowest BCUT2D eigenvalue weighted by Crippen LogP contribution is -2.14. The van der Waals surface area contributed by atoms with Crippen LogP contribution < -0.4 is 9.88 Å². The van der Waals surface area contributed by atoms with Crippen LogP contribution in [0.15, 0.2) is 29.2 Å². The predicted octanol–water partition coefficient (Wildman–Crippen LogP) is 2.09. The molecule has 0 spiro atoms. The average molecular weight is 330 g/mol. The summed E-state index contributed by atoms with van der Waals surface area (Å²) < 4.78 is 30.5. The summed E-state index contributed by atoms with van der Waals surface area (Å²) in [4.78, 5) is -0.130. The van der Waals surface area contributed by atoms with Gasteiger partial charge in [-0.05, 0) is 38.1 Å². The molecular weight excluding hydrogens is 314 g/mol. The number of aromatic nitrogens is 2. The molecule has 2 aromatic rings. The normalized spacial score (nSPS) is 11.6. The van der Waals surface area contributed by atoms with Crippen LogP contribution >= 0.6 is 11.6 Å². The van der Waals surface area contributed by atoms with E-state index in [1.807, 2.05) is 19.9 Å². The number of benzene rings is 1. The summed E-state index contributed by atoms with van der Waals surface area (Å²) in [5, 5.41) is 9.75. The number of nitrogens with zero attached hydrogens (tertiary/aromatic N) is 2. The third-order valence-electron chi connectivity index (χ3n) is 2.87. The van der Waals surface area contributed by atoms with Gasteiger partial charge in [0.2, 0.25) is 10.0 Å². The van der Waals surface area contributed by atoms with Crippen molar-refractivity contribution >= 4 is 21.6 Å². The molecule has 0 bridgehead atoms. The minimum Gasteiger partial charge on any atom is -0.486 e. The SMILES string of the molecule is CCn1nc(C)cc1COc1ccc(Cl)cc1S(N)(=O)=O. The maximum Gasteiger partial charge on any atom is 0.241 e. The van der Waals surface area contributed by atoms with E-state index in [9.17, 15) is 8.42 Å². The van der Waals surface area contributed by atoms with E-state index >= 15 is 0 Å². The molecule has 1 aromatic carbocycles. The fourth-order valence-corrected chi connectivity index (χ4v) is 2.90. The Bertz CT molecular complexity index is 756. The summed E-state index contributed by atoms with van der Waals surface area (Å²) in [6, 6.07) is 6.19. The third-order valence-corrected chi connectivity index (χ3v) is 4.04. The van der Waals surface area contributed by atoms with Crippen LogP contribution in [0.1, 0.15) is 18.3 Å². The first kappa shape index (κ1) is 15.8. The maximum atomic E-state index is 11.6. The zero-order chi connectivity index (χ0) is 15.6. The van der Waals surface area contributed by atoms with Gasteiger partial charge in [0.1, 0.15) is 17.3 Å². The van der Waals surface area contributed by atoms with Crippen molar-refractivity contribution < 1.29 is 13.2 Å². The number of aryl methyl sites for hydroxylation is 2. The number of hydrogen-bond donors (Lipinski definition) is 1. The minimum atomic E-state index is -3.90. The third kappa shape index (κ3) is 3.75. The molecule has 21 heavy (non-hydrogen) atoms. The second-order valence-electron chi connectivity index (χ2n) is 4.52. The number of sulfonamides is 1. The lowest BCUT2D eigenvalue weighted by molar-refractivity contribution is 0.285. The quantitative estimate of drug-likeness (QED) is 0.909. The highest BCUT2D eigenvalue weighted by atomic mass is 35.5. The van der Waals surface area contributed by atoms with Crippen LogP contribution in [-0.4, -0.2) is 18.2 Å². The molecule has 0 saturated heterocycles. The van der Waals surface area contributed by atoms with E-state index in [0.717, 1.165) is 11.4 Å². The van der Waals surface area contributed by atoms with Crippen molar-refractivity contribution in [3.63, 3.8) is 0 Å². The smallest absolute Gasteiger partial charge is 0.241 e. The molecule has 114 valence electrons. The van der Waals surface area contributed by atoms with Crippen molar-refractivity contribution in [3.8, 4) is 5.75 Å². The first-order valence-electron chi connectivity index (χ1n) is 6.29. The van der Waals surface area contributed by atoms with Gasteiger partial charge in [0.15, 0.2) is 0 Å². The molecule has 0 amide bonds. The molecule has 1 heterocycles. The molecule has 0 saturated carbocycles. The highest BCUT2D eigenvalue weighted by molar-refractivity contribution is 7.89. The number of ether oxygens (including phenoxy) is 1. The van der Waals surface area contributed by atoms with Crippen LogP contribution in [0.2, 0.25) is 5.02 Å². The van der Waals surface area contributed by atoms with Crippen molar-refractivity contribution in [1.82, 2.24) is 9.78 Å². The second kappa shape index (κ2) is 6.05.